The predicted octanol–water partition coefficient (Wildman–Crippen LogP) is 3.03. The summed E-state index contributed by atoms with van der Waals surface area (Å²) in [6.07, 6.45) is 10.7. The van der Waals surface area contributed by atoms with E-state index in [0.717, 1.165) is 23.2 Å². The van der Waals surface area contributed by atoms with E-state index in [2.05, 4.69) is 45.3 Å². The second-order valence-corrected chi connectivity index (χ2v) is 5.92. The molecule has 1 fully saturated rings. The minimum atomic E-state index is 0.0627. The summed E-state index contributed by atoms with van der Waals surface area (Å²) >= 11 is 0. The lowest BCUT2D eigenvalue weighted by atomic mass is 9.95. The molecule has 1 spiro atoms. The van der Waals surface area contributed by atoms with E-state index in [4.69, 9.17) is 4.74 Å². The largest absolute Gasteiger partial charge is 0.481 e. The Balaban J connectivity index is 2.20. The highest BCUT2D eigenvalue weighted by molar-refractivity contribution is 5.35. The summed E-state index contributed by atoms with van der Waals surface area (Å²) in [6, 6.07) is 0. The molecule has 0 N–H and O–H groups in total. The molecular formula is C15H24NO+. The molecule has 1 atom stereocenters. The zero-order valence-electron chi connectivity index (χ0n) is 11.5. The molecule has 0 aromatic carbocycles. The monoisotopic (exact) mass is 234 g/mol. The van der Waals surface area contributed by atoms with Crippen LogP contribution in [0.1, 0.15) is 26.7 Å². The van der Waals surface area contributed by atoms with Crippen molar-refractivity contribution in [3.8, 4) is 0 Å². The van der Waals surface area contributed by atoms with Crippen molar-refractivity contribution in [2.45, 2.75) is 32.3 Å². The molecule has 2 aliphatic rings. The molecule has 1 saturated heterocycles. The van der Waals surface area contributed by atoms with Crippen molar-refractivity contribution in [1.82, 2.24) is 0 Å². The zero-order chi connectivity index (χ0) is 12.5. The van der Waals surface area contributed by atoms with Gasteiger partial charge in [-0.05, 0) is 25.5 Å². The van der Waals surface area contributed by atoms with Crippen LogP contribution in [0.2, 0.25) is 0 Å². The molecule has 2 heteroatoms. The van der Waals surface area contributed by atoms with Crippen LogP contribution in [0.3, 0.4) is 0 Å². The van der Waals surface area contributed by atoms with Gasteiger partial charge in [0.15, 0.2) is 5.60 Å². The number of likely N-dealkylation sites (tertiary alicyclic amines) is 1. The van der Waals surface area contributed by atoms with Crippen molar-refractivity contribution in [3.05, 3.63) is 35.6 Å². The van der Waals surface area contributed by atoms with Crippen LogP contribution >= 0.6 is 0 Å². The Labute approximate surface area is 105 Å². The minimum Gasteiger partial charge on any atom is -0.481 e. The van der Waals surface area contributed by atoms with E-state index >= 15 is 0 Å². The van der Waals surface area contributed by atoms with E-state index < -0.39 is 0 Å². The van der Waals surface area contributed by atoms with Gasteiger partial charge in [-0.25, -0.2) is 0 Å². The van der Waals surface area contributed by atoms with Crippen LogP contribution in [0, 0.1) is 0 Å². The first kappa shape index (κ1) is 12.4. The maximum absolute atomic E-state index is 6.28. The molecule has 0 aromatic rings. The van der Waals surface area contributed by atoms with Crippen molar-refractivity contribution in [2.24, 2.45) is 0 Å². The van der Waals surface area contributed by atoms with E-state index in [9.17, 15) is 0 Å². The molecule has 0 aromatic heterocycles. The number of rotatable bonds is 2. The number of ether oxygens (including phenoxy) is 1. The van der Waals surface area contributed by atoms with E-state index in [1.807, 2.05) is 6.92 Å². The minimum absolute atomic E-state index is 0.0627. The van der Waals surface area contributed by atoms with Crippen molar-refractivity contribution in [1.29, 1.82) is 0 Å². The summed E-state index contributed by atoms with van der Waals surface area (Å²) in [5.41, 5.74) is 1.42. The highest BCUT2D eigenvalue weighted by atomic mass is 16.5. The quantitative estimate of drug-likeness (QED) is 0.667. The van der Waals surface area contributed by atoms with Gasteiger partial charge in [0.1, 0.15) is 12.3 Å². The second-order valence-electron chi connectivity index (χ2n) is 5.92. The first-order valence-electron chi connectivity index (χ1n) is 6.50. The van der Waals surface area contributed by atoms with Gasteiger partial charge >= 0.3 is 0 Å². The molecule has 2 nitrogen and oxygen atoms in total. The fourth-order valence-electron chi connectivity index (χ4n) is 3.08. The standard InChI is InChI=1S/C15H24NO/c1-5-7-13-11-15(17-14(13)8-6-2)9-10-16(3,4)12-15/h5-8H,9-12H2,1-4H3/q+1. The molecule has 1 unspecified atom stereocenters. The molecule has 0 aliphatic carbocycles. The smallest absolute Gasteiger partial charge is 0.167 e. The van der Waals surface area contributed by atoms with E-state index in [1.165, 1.54) is 18.5 Å². The summed E-state index contributed by atoms with van der Waals surface area (Å²) in [7, 11) is 4.59. The average Bonchev–Trinajstić information content (AvgIpc) is 2.70. The first-order valence-corrected chi connectivity index (χ1v) is 6.50. The third-order valence-electron chi connectivity index (χ3n) is 3.73. The SMILES string of the molecule is CC=CC1=C(C=CC)OC2(CC[N+](C)(C)C2)C1. The van der Waals surface area contributed by atoms with Gasteiger partial charge in [0, 0.05) is 12.8 Å². The van der Waals surface area contributed by atoms with Gasteiger partial charge in [-0.1, -0.05) is 18.2 Å². The lowest BCUT2D eigenvalue weighted by Gasteiger charge is -2.27. The van der Waals surface area contributed by atoms with Gasteiger partial charge in [0.2, 0.25) is 0 Å². The second kappa shape index (κ2) is 4.34. The Morgan fingerprint density at radius 2 is 1.88 bits per heavy atom. The fourth-order valence-corrected chi connectivity index (χ4v) is 3.08. The molecular weight excluding hydrogens is 210 g/mol. The Kier molecular flexibility index (Phi) is 3.17. The van der Waals surface area contributed by atoms with Gasteiger partial charge < -0.3 is 9.22 Å². The lowest BCUT2D eigenvalue weighted by molar-refractivity contribution is -0.880. The summed E-state index contributed by atoms with van der Waals surface area (Å²) in [5.74, 6) is 1.08. The van der Waals surface area contributed by atoms with E-state index in [-0.39, 0.29) is 5.60 Å². The van der Waals surface area contributed by atoms with Crippen LogP contribution in [0.5, 0.6) is 0 Å². The normalized spacial score (nSPS) is 32.2. The molecule has 0 bridgehead atoms. The van der Waals surface area contributed by atoms with Gasteiger partial charge in [0.05, 0.1) is 20.6 Å². The number of hydrogen-bond acceptors (Lipinski definition) is 1. The Morgan fingerprint density at radius 3 is 2.41 bits per heavy atom. The van der Waals surface area contributed by atoms with Gasteiger partial charge in [0.25, 0.3) is 0 Å². The fraction of sp³-hybridized carbons (Fsp3) is 0.600. The topological polar surface area (TPSA) is 9.23 Å². The van der Waals surface area contributed by atoms with E-state index in [0.29, 0.717) is 0 Å². The zero-order valence-corrected chi connectivity index (χ0v) is 11.5. The van der Waals surface area contributed by atoms with Crippen molar-refractivity contribution in [3.63, 3.8) is 0 Å². The summed E-state index contributed by atoms with van der Waals surface area (Å²) in [4.78, 5) is 0. The summed E-state index contributed by atoms with van der Waals surface area (Å²) in [5, 5.41) is 0. The number of quaternary nitrogens is 1. The average molecular weight is 234 g/mol. The highest BCUT2D eigenvalue weighted by Gasteiger charge is 2.50. The lowest BCUT2D eigenvalue weighted by Crippen LogP contribution is -2.41. The third-order valence-corrected chi connectivity index (χ3v) is 3.73. The first-order chi connectivity index (χ1) is 8.00. The van der Waals surface area contributed by atoms with E-state index in [1.54, 1.807) is 0 Å². The molecule has 17 heavy (non-hydrogen) atoms. The Bertz CT molecular complexity index is 364. The Hall–Kier alpha value is -1.02. The molecule has 0 radical (unpaired) electrons. The molecule has 2 heterocycles. The molecule has 2 aliphatic heterocycles. The van der Waals surface area contributed by atoms with Crippen LogP contribution in [0.4, 0.5) is 0 Å². The van der Waals surface area contributed by atoms with Crippen LogP contribution in [-0.4, -0.2) is 37.3 Å². The van der Waals surface area contributed by atoms with Gasteiger partial charge in [-0.15, -0.1) is 0 Å². The number of nitrogens with zero attached hydrogens (tertiary/aromatic N) is 1. The third kappa shape index (κ3) is 2.47. The van der Waals surface area contributed by atoms with Crippen molar-refractivity contribution < 1.29 is 9.22 Å². The van der Waals surface area contributed by atoms with Gasteiger partial charge in [-0.3, -0.25) is 0 Å². The molecule has 94 valence electrons. The number of hydrogen-bond donors (Lipinski definition) is 0. The van der Waals surface area contributed by atoms with Crippen LogP contribution in [0.25, 0.3) is 0 Å². The van der Waals surface area contributed by atoms with Crippen LogP contribution < -0.4 is 0 Å². The Morgan fingerprint density at radius 1 is 1.18 bits per heavy atom. The maximum atomic E-state index is 6.28. The number of likely N-dealkylation sites (N-methyl/N-ethyl adjacent to an activating group) is 1. The number of allylic oxidation sites excluding steroid dienone is 4. The highest BCUT2D eigenvalue weighted by Crippen LogP contribution is 2.42. The maximum Gasteiger partial charge on any atom is 0.167 e. The predicted molar refractivity (Wildman–Crippen MR) is 71.5 cm³/mol. The van der Waals surface area contributed by atoms with Crippen LogP contribution in [0.15, 0.2) is 35.6 Å². The molecule has 2 rings (SSSR count). The molecule has 0 saturated carbocycles. The summed E-state index contributed by atoms with van der Waals surface area (Å²) in [6.45, 7) is 6.45. The molecule has 0 amide bonds. The van der Waals surface area contributed by atoms with Crippen LogP contribution in [-0.2, 0) is 4.74 Å². The van der Waals surface area contributed by atoms with Gasteiger partial charge in [-0.2, -0.15) is 0 Å². The van der Waals surface area contributed by atoms with Crippen molar-refractivity contribution in [2.75, 3.05) is 27.2 Å². The summed E-state index contributed by atoms with van der Waals surface area (Å²) < 4.78 is 7.35. The van der Waals surface area contributed by atoms with Crippen molar-refractivity contribution >= 4 is 0 Å².